The molecule has 0 saturated carbocycles. The first-order valence-electron chi connectivity index (χ1n) is 14.2. The molecule has 1 N–H and O–H groups in total. The molecule has 3 aromatic rings. The van der Waals surface area contributed by atoms with Crippen LogP contribution in [-0.4, -0.2) is 58.0 Å². The van der Waals surface area contributed by atoms with E-state index in [-0.39, 0.29) is 17.3 Å². The minimum atomic E-state index is -4.16. The third-order valence-corrected chi connectivity index (χ3v) is 8.56. The van der Waals surface area contributed by atoms with Crippen LogP contribution in [0.15, 0.2) is 77.7 Å². The lowest BCUT2D eigenvalue weighted by Crippen LogP contribution is -2.52. The van der Waals surface area contributed by atoms with Crippen molar-refractivity contribution in [2.24, 2.45) is 0 Å². The van der Waals surface area contributed by atoms with E-state index in [1.165, 1.54) is 17.0 Å². The number of nitrogens with one attached hydrogen (secondary N) is 1. The number of benzene rings is 3. The lowest BCUT2D eigenvalue weighted by Gasteiger charge is -2.33. The van der Waals surface area contributed by atoms with Crippen molar-refractivity contribution >= 4 is 27.5 Å². The summed E-state index contributed by atoms with van der Waals surface area (Å²) in [5.41, 5.74) is 2.07. The third-order valence-electron chi connectivity index (χ3n) is 6.77. The van der Waals surface area contributed by atoms with E-state index in [1.807, 2.05) is 39.8 Å². The summed E-state index contributed by atoms with van der Waals surface area (Å²) in [5, 5.41) is 2.89. The summed E-state index contributed by atoms with van der Waals surface area (Å²) in [6.45, 7) is 8.08. The van der Waals surface area contributed by atoms with E-state index in [9.17, 15) is 18.0 Å². The average Bonchev–Trinajstić information content (AvgIpc) is 2.99. The number of anilines is 1. The van der Waals surface area contributed by atoms with Crippen LogP contribution in [0.25, 0.3) is 0 Å². The van der Waals surface area contributed by atoms with Gasteiger partial charge < -0.3 is 19.7 Å². The highest BCUT2D eigenvalue weighted by molar-refractivity contribution is 7.92. The molecule has 226 valence electrons. The van der Waals surface area contributed by atoms with E-state index in [0.717, 1.165) is 21.9 Å². The average molecular weight is 596 g/mol. The lowest BCUT2D eigenvalue weighted by molar-refractivity contribution is -0.140. The van der Waals surface area contributed by atoms with Crippen LogP contribution in [-0.2, 0) is 26.2 Å². The molecule has 0 aromatic heterocycles. The molecule has 0 heterocycles. The van der Waals surface area contributed by atoms with Crippen molar-refractivity contribution in [3.8, 4) is 11.5 Å². The van der Waals surface area contributed by atoms with Crippen molar-refractivity contribution in [2.75, 3.05) is 31.1 Å². The standard InChI is InChI=1S/C32H41N3O6S/c1-6-21-33-32(37)30(7-2)34(22-25-11-15-27(40-5)16-12-25)31(36)23-35(26-13-9-24(4)10-14-26)42(38,39)29-19-17-28(18-20-29)41-8-3/h9-20,30H,6-8,21-23H2,1-5H3,(H,33,37)/t30-/m0/s1. The Bertz CT molecular complexity index is 1410. The second kappa shape index (κ2) is 15.3. The summed E-state index contributed by atoms with van der Waals surface area (Å²) in [7, 11) is -2.59. The number of aryl methyl sites for hydroxylation is 1. The highest BCUT2D eigenvalue weighted by Gasteiger charge is 2.33. The van der Waals surface area contributed by atoms with E-state index in [2.05, 4.69) is 5.32 Å². The Kier molecular flexibility index (Phi) is 11.8. The summed E-state index contributed by atoms with van der Waals surface area (Å²) < 4.78 is 39.8. The molecule has 0 radical (unpaired) electrons. The molecule has 3 rings (SSSR count). The monoisotopic (exact) mass is 595 g/mol. The maximum absolute atomic E-state index is 14.1. The lowest BCUT2D eigenvalue weighted by atomic mass is 10.1. The fraction of sp³-hybridized carbons (Fsp3) is 0.375. The van der Waals surface area contributed by atoms with Gasteiger partial charge in [0.15, 0.2) is 0 Å². The van der Waals surface area contributed by atoms with Crippen LogP contribution in [0, 0.1) is 6.92 Å². The molecule has 0 unspecified atom stereocenters. The number of hydrogen-bond acceptors (Lipinski definition) is 6. The molecule has 1 atom stereocenters. The molecule has 0 aliphatic carbocycles. The van der Waals surface area contributed by atoms with Crippen LogP contribution >= 0.6 is 0 Å². The number of sulfonamides is 1. The zero-order valence-electron chi connectivity index (χ0n) is 25.0. The number of ether oxygens (including phenoxy) is 2. The smallest absolute Gasteiger partial charge is 0.264 e. The van der Waals surface area contributed by atoms with Gasteiger partial charge >= 0.3 is 0 Å². The predicted molar refractivity (Wildman–Crippen MR) is 164 cm³/mol. The van der Waals surface area contributed by atoms with Gasteiger partial charge in [0.25, 0.3) is 10.0 Å². The Morgan fingerprint density at radius 1 is 0.881 bits per heavy atom. The Balaban J connectivity index is 2.03. The van der Waals surface area contributed by atoms with Gasteiger partial charge in [-0.2, -0.15) is 0 Å². The molecule has 0 saturated heterocycles. The number of carbonyl (C=O) groups excluding carboxylic acids is 2. The highest BCUT2D eigenvalue weighted by Crippen LogP contribution is 2.27. The van der Waals surface area contributed by atoms with Crippen molar-refractivity contribution in [2.45, 2.75) is 58.0 Å². The van der Waals surface area contributed by atoms with Gasteiger partial charge in [0.2, 0.25) is 11.8 Å². The topological polar surface area (TPSA) is 105 Å². The first kappa shape index (κ1) is 32.5. The number of carbonyl (C=O) groups is 2. The van der Waals surface area contributed by atoms with Gasteiger partial charge in [-0.3, -0.25) is 13.9 Å². The van der Waals surface area contributed by atoms with E-state index < -0.39 is 28.5 Å². The fourth-order valence-corrected chi connectivity index (χ4v) is 5.87. The van der Waals surface area contributed by atoms with Gasteiger partial charge in [-0.15, -0.1) is 0 Å². The molecule has 2 amide bonds. The third kappa shape index (κ3) is 8.25. The fourth-order valence-electron chi connectivity index (χ4n) is 4.45. The van der Waals surface area contributed by atoms with Crippen molar-refractivity contribution in [1.29, 1.82) is 0 Å². The number of rotatable bonds is 15. The van der Waals surface area contributed by atoms with Gasteiger partial charge in [0.1, 0.15) is 24.1 Å². The second-order valence-electron chi connectivity index (χ2n) is 9.84. The van der Waals surface area contributed by atoms with Gasteiger partial charge in [0.05, 0.1) is 24.3 Å². The zero-order valence-corrected chi connectivity index (χ0v) is 25.8. The van der Waals surface area contributed by atoms with Crippen LogP contribution in [0.4, 0.5) is 5.69 Å². The second-order valence-corrected chi connectivity index (χ2v) is 11.7. The molecule has 0 fully saturated rings. The Morgan fingerprint density at radius 2 is 1.50 bits per heavy atom. The number of amides is 2. The Hall–Kier alpha value is -4.05. The first-order valence-corrected chi connectivity index (χ1v) is 15.6. The van der Waals surface area contributed by atoms with Crippen LogP contribution in [0.3, 0.4) is 0 Å². The minimum Gasteiger partial charge on any atom is -0.497 e. The molecule has 10 heteroatoms. The minimum absolute atomic E-state index is 0.0220. The molecule has 0 aliphatic heterocycles. The van der Waals surface area contributed by atoms with Crippen LogP contribution in [0.1, 0.15) is 44.7 Å². The van der Waals surface area contributed by atoms with E-state index in [4.69, 9.17) is 9.47 Å². The molecule has 42 heavy (non-hydrogen) atoms. The van der Waals surface area contributed by atoms with Crippen LogP contribution < -0.4 is 19.1 Å². The molecule has 3 aromatic carbocycles. The number of nitrogens with zero attached hydrogens (tertiary/aromatic N) is 2. The van der Waals surface area contributed by atoms with Gasteiger partial charge in [-0.25, -0.2) is 8.42 Å². The van der Waals surface area contributed by atoms with Crippen molar-refractivity contribution in [3.63, 3.8) is 0 Å². The SMILES string of the molecule is CCCNC(=O)[C@H](CC)N(Cc1ccc(OC)cc1)C(=O)CN(c1ccc(C)cc1)S(=O)(=O)c1ccc(OCC)cc1. The number of hydrogen-bond donors (Lipinski definition) is 1. The van der Waals surface area contributed by atoms with Crippen LogP contribution in [0.5, 0.6) is 11.5 Å². The highest BCUT2D eigenvalue weighted by atomic mass is 32.2. The largest absolute Gasteiger partial charge is 0.497 e. The van der Waals surface area contributed by atoms with E-state index in [0.29, 0.717) is 36.8 Å². The summed E-state index contributed by atoms with van der Waals surface area (Å²) in [6, 6.07) is 19.5. The zero-order chi connectivity index (χ0) is 30.7. The summed E-state index contributed by atoms with van der Waals surface area (Å²) in [4.78, 5) is 28.8. The summed E-state index contributed by atoms with van der Waals surface area (Å²) >= 11 is 0. The van der Waals surface area contributed by atoms with E-state index in [1.54, 1.807) is 55.6 Å². The Labute approximate surface area is 249 Å². The van der Waals surface area contributed by atoms with Crippen molar-refractivity contribution in [3.05, 3.63) is 83.9 Å². The normalized spacial score (nSPS) is 11.8. The predicted octanol–water partition coefficient (Wildman–Crippen LogP) is 4.93. The molecule has 9 nitrogen and oxygen atoms in total. The van der Waals surface area contributed by atoms with Gasteiger partial charge in [-0.05, 0) is 80.8 Å². The van der Waals surface area contributed by atoms with Gasteiger partial charge in [-0.1, -0.05) is 43.7 Å². The summed E-state index contributed by atoms with van der Waals surface area (Å²) in [6.07, 6.45) is 1.10. The molecule has 0 bridgehead atoms. The van der Waals surface area contributed by atoms with Crippen LogP contribution in [0.2, 0.25) is 0 Å². The van der Waals surface area contributed by atoms with Crippen molar-refractivity contribution in [1.82, 2.24) is 10.2 Å². The maximum atomic E-state index is 14.1. The Morgan fingerprint density at radius 3 is 2.05 bits per heavy atom. The molecule has 0 aliphatic rings. The molecule has 0 spiro atoms. The molecular formula is C32H41N3O6S. The summed E-state index contributed by atoms with van der Waals surface area (Å²) in [5.74, 6) is 0.428. The van der Waals surface area contributed by atoms with Gasteiger partial charge in [0, 0.05) is 13.1 Å². The molecular weight excluding hydrogens is 554 g/mol. The first-order chi connectivity index (χ1) is 20.1. The quantitative estimate of drug-likeness (QED) is 0.267. The number of methoxy groups -OCH3 is 1. The van der Waals surface area contributed by atoms with Crippen molar-refractivity contribution < 1.29 is 27.5 Å². The maximum Gasteiger partial charge on any atom is 0.264 e. The van der Waals surface area contributed by atoms with E-state index >= 15 is 0 Å².